The van der Waals surface area contributed by atoms with E-state index in [-0.39, 0.29) is 5.82 Å². The molecule has 0 fully saturated rings. The van der Waals surface area contributed by atoms with E-state index < -0.39 is 6.10 Å². The fourth-order valence-electron chi connectivity index (χ4n) is 1.39. The lowest BCUT2D eigenvalue weighted by atomic mass is 10.1. The molecule has 2 N–H and O–H groups in total. The molecule has 2 nitrogen and oxygen atoms in total. The van der Waals surface area contributed by atoms with Crippen molar-refractivity contribution in [2.24, 2.45) is 5.92 Å². The quantitative estimate of drug-likeness (QED) is 0.874. The molecule has 16 heavy (non-hydrogen) atoms. The van der Waals surface area contributed by atoms with Crippen molar-refractivity contribution in [3.63, 3.8) is 0 Å². The summed E-state index contributed by atoms with van der Waals surface area (Å²) in [6.45, 7) is 5.34. The largest absolute Gasteiger partial charge is 0.387 e. The van der Waals surface area contributed by atoms with Crippen LogP contribution in [0.3, 0.4) is 0 Å². The predicted octanol–water partition coefficient (Wildman–Crippen LogP) is 2.87. The van der Waals surface area contributed by atoms with Crippen LogP contribution in [-0.2, 0) is 0 Å². The Morgan fingerprint density at radius 3 is 2.69 bits per heavy atom. The van der Waals surface area contributed by atoms with Gasteiger partial charge in [0.05, 0.1) is 6.10 Å². The number of halogens is 2. The third-order valence-electron chi connectivity index (χ3n) is 2.21. The van der Waals surface area contributed by atoms with E-state index in [4.69, 9.17) is 0 Å². The molecule has 0 radical (unpaired) electrons. The molecule has 0 aliphatic heterocycles. The summed E-state index contributed by atoms with van der Waals surface area (Å²) in [7, 11) is 0. The molecule has 4 heteroatoms. The third kappa shape index (κ3) is 4.20. The smallest absolute Gasteiger partial charge is 0.129 e. The molecule has 0 saturated carbocycles. The number of benzene rings is 1. The molecular formula is C12H17BrFNO. The van der Waals surface area contributed by atoms with Crippen molar-refractivity contribution >= 4 is 15.9 Å². The molecule has 1 aromatic rings. The van der Waals surface area contributed by atoms with Crippen LogP contribution in [0.2, 0.25) is 0 Å². The maximum absolute atomic E-state index is 13.4. The summed E-state index contributed by atoms with van der Waals surface area (Å²) in [4.78, 5) is 0. The second-order valence-corrected chi connectivity index (χ2v) is 5.15. The lowest BCUT2D eigenvalue weighted by molar-refractivity contribution is 0.169. The highest BCUT2D eigenvalue weighted by molar-refractivity contribution is 9.10. The van der Waals surface area contributed by atoms with E-state index in [1.54, 1.807) is 12.1 Å². The molecule has 0 bridgehead atoms. The number of hydrogen-bond donors (Lipinski definition) is 2. The molecule has 1 aromatic carbocycles. The molecule has 0 saturated heterocycles. The van der Waals surface area contributed by atoms with Crippen molar-refractivity contribution in [2.75, 3.05) is 13.1 Å². The van der Waals surface area contributed by atoms with Gasteiger partial charge in [-0.15, -0.1) is 0 Å². The van der Waals surface area contributed by atoms with Crippen LogP contribution in [0.4, 0.5) is 4.39 Å². The van der Waals surface area contributed by atoms with Gasteiger partial charge in [-0.05, 0) is 30.7 Å². The van der Waals surface area contributed by atoms with Crippen LogP contribution in [-0.4, -0.2) is 18.2 Å². The van der Waals surface area contributed by atoms with Gasteiger partial charge in [-0.25, -0.2) is 4.39 Å². The Bertz CT molecular complexity index is 344. The zero-order valence-electron chi connectivity index (χ0n) is 9.50. The van der Waals surface area contributed by atoms with Gasteiger partial charge in [-0.3, -0.25) is 0 Å². The number of rotatable bonds is 5. The molecule has 1 unspecified atom stereocenters. The van der Waals surface area contributed by atoms with Crippen molar-refractivity contribution < 1.29 is 9.50 Å². The first-order valence-electron chi connectivity index (χ1n) is 5.34. The fourth-order valence-corrected chi connectivity index (χ4v) is 1.77. The van der Waals surface area contributed by atoms with Crippen molar-refractivity contribution in [2.45, 2.75) is 20.0 Å². The molecule has 0 spiro atoms. The summed E-state index contributed by atoms with van der Waals surface area (Å²) in [5.41, 5.74) is 0.325. The molecule has 0 heterocycles. The van der Waals surface area contributed by atoms with Gasteiger partial charge in [0.15, 0.2) is 0 Å². The highest BCUT2D eigenvalue weighted by atomic mass is 79.9. The van der Waals surface area contributed by atoms with Crippen LogP contribution < -0.4 is 5.32 Å². The Kier molecular flexibility index (Phi) is 5.38. The summed E-state index contributed by atoms with van der Waals surface area (Å²) in [5, 5.41) is 12.9. The molecule has 0 aliphatic rings. The number of aliphatic hydroxyl groups is 1. The highest BCUT2D eigenvalue weighted by Gasteiger charge is 2.12. The number of nitrogens with one attached hydrogen (secondary N) is 1. The van der Waals surface area contributed by atoms with Crippen molar-refractivity contribution in [3.8, 4) is 0 Å². The average molecular weight is 290 g/mol. The first kappa shape index (κ1) is 13.6. The summed E-state index contributed by atoms with van der Waals surface area (Å²) in [5.74, 6) is 0.140. The summed E-state index contributed by atoms with van der Waals surface area (Å²) < 4.78 is 14.2. The van der Waals surface area contributed by atoms with Gasteiger partial charge in [-0.2, -0.15) is 0 Å². The topological polar surface area (TPSA) is 32.3 Å². The van der Waals surface area contributed by atoms with E-state index in [1.807, 2.05) is 0 Å². The van der Waals surface area contributed by atoms with E-state index in [0.29, 0.717) is 18.0 Å². The van der Waals surface area contributed by atoms with Gasteiger partial charge >= 0.3 is 0 Å². The minimum atomic E-state index is -0.809. The van der Waals surface area contributed by atoms with Crippen molar-refractivity contribution in [3.05, 3.63) is 34.1 Å². The zero-order chi connectivity index (χ0) is 12.1. The first-order valence-corrected chi connectivity index (χ1v) is 6.13. The molecule has 1 atom stereocenters. The fraction of sp³-hybridized carbons (Fsp3) is 0.500. The van der Waals surface area contributed by atoms with Gasteiger partial charge in [0.25, 0.3) is 0 Å². The van der Waals surface area contributed by atoms with Gasteiger partial charge in [-0.1, -0.05) is 29.8 Å². The standard InChI is InChI=1S/C12H17BrFNO/c1-8(2)6-15-7-12(16)10-5-9(13)3-4-11(10)14/h3-5,8,12,15-16H,6-7H2,1-2H3. The van der Waals surface area contributed by atoms with Gasteiger partial charge < -0.3 is 10.4 Å². The van der Waals surface area contributed by atoms with E-state index in [2.05, 4.69) is 35.1 Å². The predicted molar refractivity (Wildman–Crippen MR) is 66.8 cm³/mol. The number of hydrogen-bond acceptors (Lipinski definition) is 2. The molecule has 90 valence electrons. The van der Waals surface area contributed by atoms with Crippen LogP contribution >= 0.6 is 15.9 Å². The minimum Gasteiger partial charge on any atom is -0.387 e. The third-order valence-corrected chi connectivity index (χ3v) is 2.70. The van der Waals surface area contributed by atoms with Crippen LogP contribution in [0.5, 0.6) is 0 Å². The lowest BCUT2D eigenvalue weighted by Crippen LogP contribution is -2.25. The molecule has 0 aromatic heterocycles. The molecule has 0 aliphatic carbocycles. The van der Waals surface area contributed by atoms with Crippen LogP contribution in [0.1, 0.15) is 25.5 Å². The second-order valence-electron chi connectivity index (χ2n) is 4.23. The van der Waals surface area contributed by atoms with Gasteiger partial charge in [0.1, 0.15) is 5.82 Å². The first-order chi connectivity index (χ1) is 7.50. The Hall–Kier alpha value is -0.450. The zero-order valence-corrected chi connectivity index (χ0v) is 11.1. The lowest BCUT2D eigenvalue weighted by Gasteiger charge is -2.14. The molecule has 1 rings (SSSR count). The average Bonchev–Trinajstić information content (AvgIpc) is 2.21. The van der Waals surface area contributed by atoms with Crippen LogP contribution in [0, 0.1) is 11.7 Å². The SMILES string of the molecule is CC(C)CNCC(O)c1cc(Br)ccc1F. The second kappa shape index (κ2) is 6.33. The van der Waals surface area contributed by atoms with Crippen LogP contribution in [0.25, 0.3) is 0 Å². The van der Waals surface area contributed by atoms with Gasteiger partial charge in [0.2, 0.25) is 0 Å². The van der Waals surface area contributed by atoms with E-state index >= 15 is 0 Å². The monoisotopic (exact) mass is 289 g/mol. The maximum Gasteiger partial charge on any atom is 0.129 e. The van der Waals surface area contributed by atoms with E-state index in [1.165, 1.54) is 6.07 Å². The maximum atomic E-state index is 13.4. The van der Waals surface area contributed by atoms with Gasteiger partial charge in [0, 0.05) is 16.6 Å². The Morgan fingerprint density at radius 2 is 2.06 bits per heavy atom. The van der Waals surface area contributed by atoms with E-state index in [9.17, 15) is 9.50 Å². The summed E-state index contributed by atoms with van der Waals surface area (Å²) in [6, 6.07) is 4.58. The molecule has 0 amide bonds. The van der Waals surface area contributed by atoms with Crippen molar-refractivity contribution in [1.82, 2.24) is 5.32 Å². The van der Waals surface area contributed by atoms with E-state index in [0.717, 1.165) is 11.0 Å². The highest BCUT2D eigenvalue weighted by Crippen LogP contribution is 2.21. The summed E-state index contributed by atoms with van der Waals surface area (Å²) in [6.07, 6.45) is -0.809. The molecular weight excluding hydrogens is 273 g/mol. The Labute approximate surface area is 104 Å². The van der Waals surface area contributed by atoms with Crippen molar-refractivity contribution in [1.29, 1.82) is 0 Å². The number of aliphatic hydroxyl groups excluding tert-OH is 1. The Morgan fingerprint density at radius 1 is 1.38 bits per heavy atom. The van der Waals surface area contributed by atoms with Crippen LogP contribution in [0.15, 0.2) is 22.7 Å². The Balaban J connectivity index is 2.58. The normalized spacial score (nSPS) is 13.1. The minimum absolute atomic E-state index is 0.325. The summed E-state index contributed by atoms with van der Waals surface area (Å²) >= 11 is 3.26.